The number of ether oxygens (including phenoxy) is 1. The van der Waals surface area contributed by atoms with E-state index in [1.807, 2.05) is 13.2 Å². The number of β-amino-alcohol motifs (C(OH)–C–C–N with tert-alkyl or cyclic N) is 1. The number of aliphatic hydroxyl groups is 1. The zero-order valence-corrected chi connectivity index (χ0v) is 14.9. The van der Waals surface area contributed by atoms with Crippen LogP contribution in [0.2, 0.25) is 0 Å². The number of nitrogens with zero attached hydrogens (tertiary/aromatic N) is 3. The summed E-state index contributed by atoms with van der Waals surface area (Å²) in [6.45, 7) is 0.968. The number of aryl methyl sites for hydroxylation is 2. The third kappa shape index (κ3) is 4.82. The highest BCUT2D eigenvalue weighted by atomic mass is 19.1. The highest BCUT2D eigenvalue weighted by Crippen LogP contribution is 2.24. The first-order valence-electron chi connectivity index (χ1n) is 8.80. The van der Waals surface area contributed by atoms with E-state index in [2.05, 4.69) is 5.10 Å². The number of halogens is 1. The third-order valence-corrected chi connectivity index (χ3v) is 4.62. The van der Waals surface area contributed by atoms with Crippen molar-refractivity contribution in [3.8, 4) is 5.75 Å². The summed E-state index contributed by atoms with van der Waals surface area (Å²) < 4.78 is 20.3. The molecule has 1 aromatic heterocycles. The van der Waals surface area contributed by atoms with Crippen molar-refractivity contribution in [3.05, 3.63) is 48.0 Å². The van der Waals surface area contributed by atoms with Gasteiger partial charge in [-0.05, 0) is 49.1 Å². The van der Waals surface area contributed by atoms with Crippen molar-refractivity contribution in [2.45, 2.75) is 31.3 Å². The minimum Gasteiger partial charge on any atom is -0.491 e. The van der Waals surface area contributed by atoms with Crippen molar-refractivity contribution >= 4 is 5.91 Å². The average molecular weight is 361 g/mol. The average Bonchev–Trinajstić information content (AvgIpc) is 3.05. The van der Waals surface area contributed by atoms with Gasteiger partial charge in [-0.3, -0.25) is 9.48 Å². The lowest BCUT2D eigenvalue weighted by molar-refractivity contribution is -0.140. The summed E-state index contributed by atoms with van der Waals surface area (Å²) in [4.78, 5) is 14.2. The van der Waals surface area contributed by atoms with Gasteiger partial charge in [0, 0.05) is 26.2 Å². The number of carbonyl (C=O) groups excluding carboxylic acids is 1. The Balaban J connectivity index is 1.51. The van der Waals surface area contributed by atoms with Crippen LogP contribution in [-0.4, -0.2) is 51.0 Å². The molecule has 1 N–H and O–H groups in total. The van der Waals surface area contributed by atoms with Crippen LogP contribution in [-0.2, 0) is 18.3 Å². The molecule has 0 spiro atoms. The molecule has 1 atom stereocenters. The van der Waals surface area contributed by atoms with Crippen LogP contribution in [0.1, 0.15) is 24.8 Å². The van der Waals surface area contributed by atoms with Gasteiger partial charge in [0.15, 0.2) is 0 Å². The van der Waals surface area contributed by atoms with Crippen LogP contribution in [0.3, 0.4) is 0 Å². The Morgan fingerprint density at radius 2 is 2.15 bits per heavy atom. The zero-order valence-electron chi connectivity index (χ0n) is 14.9. The molecule has 1 fully saturated rings. The molecular weight excluding hydrogens is 337 g/mol. The fraction of sp³-hybridized carbons (Fsp3) is 0.474. The molecule has 2 aromatic rings. The van der Waals surface area contributed by atoms with Crippen molar-refractivity contribution < 1.29 is 19.0 Å². The molecule has 6 nitrogen and oxygen atoms in total. The zero-order chi connectivity index (χ0) is 18.6. The molecule has 1 aromatic carbocycles. The number of hydrogen-bond acceptors (Lipinski definition) is 4. The molecule has 0 radical (unpaired) electrons. The Bertz CT molecular complexity index is 747. The molecule has 26 heavy (non-hydrogen) atoms. The topological polar surface area (TPSA) is 67.6 Å². The summed E-state index contributed by atoms with van der Waals surface area (Å²) in [6.07, 6.45) is 5.98. The van der Waals surface area contributed by atoms with Gasteiger partial charge in [0.2, 0.25) is 5.91 Å². The van der Waals surface area contributed by atoms with Crippen molar-refractivity contribution in [3.63, 3.8) is 0 Å². The highest BCUT2D eigenvalue weighted by Gasteiger charge is 2.35. The quantitative estimate of drug-likeness (QED) is 0.854. The summed E-state index contributed by atoms with van der Waals surface area (Å²) in [6, 6.07) is 5.68. The number of rotatable bonds is 6. The largest absolute Gasteiger partial charge is 0.491 e. The van der Waals surface area contributed by atoms with Crippen molar-refractivity contribution in [2.75, 3.05) is 19.7 Å². The first kappa shape index (κ1) is 18.4. The van der Waals surface area contributed by atoms with Gasteiger partial charge in [0.1, 0.15) is 23.8 Å². The number of benzene rings is 1. The van der Waals surface area contributed by atoms with Gasteiger partial charge >= 0.3 is 0 Å². The number of aromatic nitrogens is 2. The second-order valence-corrected chi connectivity index (χ2v) is 6.91. The lowest BCUT2D eigenvalue weighted by Crippen LogP contribution is -2.53. The minimum atomic E-state index is -1.09. The molecule has 140 valence electrons. The predicted molar refractivity (Wildman–Crippen MR) is 94.2 cm³/mol. The maximum atomic E-state index is 12.9. The molecule has 7 heteroatoms. The molecule has 1 saturated heterocycles. The maximum Gasteiger partial charge on any atom is 0.223 e. The van der Waals surface area contributed by atoms with Crippen LogP contribution in [0.4, 0.5) is 4.39 Å². The Labute approximate surface area is 152 Å². The van der Waals surface area contributed by atoms with Gasteiger partial charge < -0.3 is 14.7 Å². The first-order valence-corrected chi connectivity index (χ1v) is 8.80. The Hall–Kier alpha value is -2.41. The summed E-state index contributed by atoms with van der Waals surface area (Å²) in [7, 11) is 1.84. The molecular formula is C19H24FN3O3. The van der Waals surface area contributed by atoms with Crippen molar-refractivity contribution in [1.29, 1.82) is 0 Å². The van der Waals surface area contributed by atoms with E-state index in [-0.39, 0.29) is 24.9 Å². The fourth-order valence-corrected chi connectivity index (χ4v) is 3.20. The number of hydrogen-bond donors (Lipinski definition) is 1. The molecule has 2 heterocycles. The molecule has 1 aliphatic heterocycles. The Morgan fingerprint density at radius 3 is 2.85 bits per heavy atom. The predicted octanol–water partition coefficient (Wildman–Crippen LogP) is 1.92. The lowest BCUT2D eigenvalue weighted by Gasteiger charge is -2.39. The van der Waals surface area contributed by atoms with Crippen LogP contribution in [0.15, 0.2) is 36.7 Å². The van der Waals surface area contributed by atoms with Crippen molar-refractivity contribution in [1.82, 2.24) is 14.7 Å². The van der Waals surface area contributed by atoms with Crippen LogP contribution in [0.25, 0.3) is 0 Å². The van der Waals surface area contributed by atoms with Crippen molar-refractivity contribution in [2.24, 2.45) is 7.05 Å². The molecule has 0 bridgehead atoms. The van der Waals surface area contributed by atoms with Gasteiger partial charge in [-0.2, -0.15) is 5.10 Å². The number of piperidine rings is 1. The third-order valence-electron chi connectivity index (χ3n) is 4.62. The van der Waals surface area contributed by atoms with Crippen LogP contribution >= 0.6 is 0 Å². The van der Waals surface area contributed by atoms with E-state index in [4.69, 9.17) is 4.74 Å². The van der Waals surface area contributed by atoms with Crippen LogP contribution in [0.5, 0.6) is 5.75 Å². The molecule has 3 rings (SSSR count). The number of carbonyl (C=O) groups is 1. The second-order valence-electron chi connectivity index (χ2n) is 6.91. The molecule has 0 aliphatic carbocycles. The Kier molecular flexibility index (Phi) is 5.56. The standard InChI is InChI=1S/C19H24FN3O3/c1-22-12-15(11-21-22)3-8-18(24)23-10-2-9-19(25,13-23)14-26-17-6-4-16(20)5-7-17/h4-7,11-12,25H,2-3,8-10,13-14H2,1H3. The minimum absolute atomic E-state index is 0.0220. The van der Waals surface area contributed by atoms with Gasteiger partial charge in [0.25, 0.3) is 0 Å². The highest BCUT2D eigenvalue weighted by molar-refractivity contribution is 5.76. The van der Waals surface area contributed by atoms with E-state index in [1.165, 1.54) is 24.3 Å². The Morgan fingerprint density at radius 1 is 1.38 bits per heavy atom. The summed E-state index contributed by atoms with van der Waals surface area (Å²) in [5.74, 6) is 0.188. The summed E-state index contributed by atoms with van der Waals surface area (Å²) in [5.41, 5.74) is -0.0656. The van der Waals surface area contributed by atoms with Crippen LogP contribution in [0, 0.1) is 5.82 Å². The summed E-state index contributed by atoms with van der Waals surface area (Å²) >= 11 is 0. The van der Waals surface area contributed by atoms with E-state index >= 15 is 0 Å². The lowest BCUT2D eigenvalue weighted by atomic mass is 9.93. The number of likely N-dealkylation sites (tertiary alicyclic amines) is 1. The van der Waals surface area contributed by atoms with E-state index in [0.29, 0.717) is 31.6 Å². The van der Waals surface area contributed by atoms with Gasteiger partial charge in [-0.15, -0.1) is 0 Å². The van der Waals surface area contributed by atoms with E-state index < -0.39 is 5.60 Å². The second kappa shape index (κ2) is 7.86. The smallest absolute Gasteiger partial charge is 0.223 e. The summed E-state index contributed by atoms with van der Waals surface area (Å²) in [5, 5.41) is 14.9. The normalized spacial score (nSPS) is 20.2. The van der Waals surface area contributed by atoms with E-state index in [1.54, 1.807) is 15.8 Å². The van der Waals surface area contributed by atoms with Gasteiger partial charge in [-0.25, -0.2) is 4.39 Å². The maximum absolute atomic E-state index is 12.9. The first-order chi connectivity index (χ1) is 12.4. The van der Waals surface area contributed by atoms with Gasteiger partial charge in [0.05, 0.1) is 12.7 Å². The fourth-order valence-electron chi connectivity index (χ4n) is 3.20. The van der Waals surface area contributed by atoms with E-state index in [9.17, 15) is 14.3 Å². The van der Waals surface area contributed by atoms with Crippen LogP contribution < -0.4 is 4.74 Å². The van der Waals surface area contributed by atoms with E-state index in [0.717, 1.165) is 12.0 Å². The molecule has 0 saturated carbocycles. The number of amides is 1. The monoisotopic (exact) mass is 361 g/mol. The molecule has 1 unspecified atom stereocenters. The molecule has 1 aliphatic rings. The SMILES string of the molecule is Cn1cc(CCC(=O)N2CCCC(O)(COc3ccc(F)cc3)C2)cn1. The molecule has 1 amide bonds. The van der Waals surface area contributed by atoms with Gasteiger partial charge in [-0.1, -0.05) is 0 Å².